The van der Waals surface area contributed by atoms with Gasteiger partial charge in [-0.15, -0.1) is 0 Å². The number of amides is 2. The molecule has 62 heavy (non-hydrogen) atoms. The third kappa shape index (κ3) is 11.6. The first kappa shape index (κ1) is 48.1. The number of halogens is 6. The van der Waals surface area contributed by atoms with Crippen LogP contribution in [0.1, 0.15) is 48.3 Å². The number of rotatable bonds is 16. The Morgan fingerprint density at radius 2 is 1.13 bits per heavy atom. The van der Waals surface area contributed by atoms with Crippen molar-refractivity contribution in [3.05, 3.63) is 101 Å². The summed E-state index contributed by atoms with van der Waals surface area (Å²) in [6, 6.07) is 17.3. The number of benzene rings is 4. The van der Waals surface area contributed by atoms with Crippen molar-refractivity contribution in [1.29, 1.82) is 0 Å². The van der Waals surface area contributed by atoms with Gasteiger partial charge in [0.15, 0.2) is 17.3 Å². The molecular formula is C42H40Br4F2N6O8. The predicted octanol–water partition coefficient (Wildman–Crippen LogP) is 9.72. The number of carboxylic acid groups (broad SMARTS) is 2. The van der Waals surface area contributed by atoms with E-state index in [0.29, 0.717) is 88.8 Å². The van der Waals surface area contributed by atoms with Gasteiger partial charge in [-0.05, 0) is 144 Å². The van der Waals surface area contributed by atoms with E-state index >= 15 is 0 Å². The molecule has 2 unspecified atom stereocenters. The molecule has 0 aliphatic rings. The summed E-state index contributed by atoms with van der Waals surface area (Å²) < 4.78 is 45.1. The number of imidazole rings is 2. The van der Waals surface area contributed by atoms with Gasteiger partial charge in [-0.1, -0.05) is 0 Å². The second-order valence-corrected chi connectivity index (χ2v) is 16.9. The van der Waals surface area contributed by atoms with Crippen LogP contribution in [0.15, 0.2) is 78.6 Å². The van der Waals surface area contributed by atoms with Crippen molar-refractivity contribution in [2.45, 2.75) is 65.5 Å². The minimum Gasteiger partial charge on any atom is -0.479 e. The lowest BCUT2D eigenvalue weighted by Crippen LogP contribution is -2.26. The Hall–Kier alpha value is -4.92. The van der Waals surface area contributed by atoms with E-state index < -0.39 is 24.3 Å². The number of carbonyl (C=O) groups is 4. The van der Waals surface area contributed by atoms with E-state index in [0.717, 1.165) is 16.6 Å². The molecule has 0 bridgehead atoms. The third-order valence-corrected chi connectivity index (χ3v) is 11.6. The number of aliphatic carboxylic acids is 2. The van der Waals surface area contributed by atoms with Crippen LogP contribution in [-0.2, 0) is 46.7 Å². The number of nitrogens with zero attached hydrogens (tertiary/aromatic N) is 4. The van der Waals surface area contributed by atoms with Gasteiger partial charge in [-0.25, -0.2) is 28.3 Å². The molecule has 2 aromatic heterocycles. The smallest absolute Gasteiger partial charge is 0.338 e. The standard InChI is InChI=1S/2C21H20Br2FN3O4/c1-3-27-17-9-12(4-5-16(17)26-18(27)10-19(28)25-2)31-20-13(22)6-11(7-14(20)23)8-15(24)21(29)30;1-3-25-20(28)19-26-16-6-5-12(10-17(16)27(19)4-2)31-18-13(22)7-11(8-14(18)23)9-15(24)21(29)30/h4-7,9,15H,3,8,10H2,1-2H3,(H,25,28)(H,29,30);5-8,10,15H,3-4,9H2,1-2H3,(H,25,28)(H,29,30). The Morgan fingerprint density at radius 1 is 0.694 bits per heavy atom. The summed E-state index contributed by atoms with van der Waals surface area (Å²) in [5.41, 5.74) is 4.04. The van der Waals surface area contributed by atoms with Crippen molar-refractivity contribution in [3.63, 3.8) is 0 Å². The molecule has 2 heterocycles. The second-order valence-electron chi connectivity index (χ2n) is 13.5. The molecule has 4 N–H and O–H groups in total. The van der Waals surface area contributed by atoms with Crippen molar-refractivity contribution in [1.82, 2.24) is 29.7 Å². The van der Waals surface area contributed by atoms with Crippen LogP contribution in [-0.4, -0.2) is 79.0 Å². The zero-order valence-electron chi connectivity index (χ0n) is 33.6. The number of hydrogen-bond donors (Lipinski definition) is 4. The number of aromatic nitrogens is 4. The van der Waals surface area contributed by atoms with Gasteiger partial charge in [0, 0.05) is 51.7 Å². The SMILES string of the molecule is CCNC(=O)c1nc2ccc(Oc3c(Br)cc(CC(F)C(=O)O)cc3Br)cc2n1CC.CCn1c(CC(=O)NC)nc2ccc(Oc3c(Br)cc(CC(F)C(=O)O)cc3Br)cc21. The molecule has 2 amide bonds. The Labute approximate surface area is 387 Å². The summed E-state index contributed by atoms with van der Waals surface area (Å²) >= 11 is 13.6. The maximum absolute atomic E-state index is 13.6. The van der Waals surface area contributed by atoms with E-state index in [-0.39, 0.29) is 31.1 Å². The van der Waals surface area contributed by atoms with E-state index in [1.807, 2.05) is 42.0 Å². The lowest BCUT2D eigenvalue weighted by molar-refractivity contribution is -0.143. The fraction of sp³-hybridized carbons (Fsp3) is 0.286. The highest BCUT2D eigenvalue weighted by atomic mass is 79.9. The topological polar surface area (TPSA) is 187 Å². The summed E-state index contributed by atoms with van der Waals surface area (Å²) in [7, 11) is 1.59. The predicted molar refractivity (Wildman–Crippen MR) is 243 cm³/mol. The van der Waals surface area contributed by atoms with Gasteiger partial charge >= 0.3 is 11.9 Å². The van der Waals surface area contributed by atoms with E-state index in [1.165, 1.54) is 0 Å². The number of ether oxygens (including phenoxy) is 2. The van der Waals surface area contributed by atoms with E-state index in [4.69, 9.17) is 19.7 Å². The number of carboxylic acids is 2. The minimum atomic E-state index is -1.98. The van der Waals surface area contributed by atoms with E-state index in [1.54, 1.807) is 55.6 Å². The van der Waals surface area contributed by atoms with E-state index in [2.05, 4.69) is 84.3 Å². The molecule has 0 aliphatic carbocycles. The largest absolute Gasteiger partial charge is 0.479 e. The lowest BCUT2D eigenvalue weighted by Gasteiger charge is -2.13. The van der Waals surface area contributed by atoms with E-state index in [9.17, 15) is 28.0 Å². The van der Waals surface area contributed by atoms with Crippen molar-refractivity contribution < 1.29 is 47.6 Å². The fourth-order valence-electron chi connectivity index (χ4n) is 6.31. The van der Waals surface area contributed by atoms with Gasteiger partial charge in [-0.2, -0.15) is 0 Å². The van der Waals surface area contributed by atoms with Gasteiger partial charge < -0.3 is 39.5 Å². The van der Waals surface area contributed by atoms with Gasteiger partial charge in [0.2, 0.25) is 18.3 Å². The van der Waals surface area contributed by atoms with Crippen molar-refractivity contribution in [2.75, 3.05) is 13.6 Å². The average molecular weight is 1110 g/mol. The fourth-order valence-corrected chi connectivity index (χ4v) is 9.20. The van der Waals surface area contributed by atoms with Gasteiger partial charge in [-0.3, -0.25) is 9.59 Å². The molecule has 0 saturated heterocycles. The zero-order chi connectivity index (χ0) is 45.4. The summed E-state index contributed by atoms with van der Waals surface area (Å²) in [5, 5.41) is 22.9. The van der Waals surface area contributed by atoms with Crippen LogP contribution in [0, 0.1) is 0 Å². The molecular weight excluding hydrogens is 1070 g/mol. The third-order valence-electron chi connectivity index (χ3n) is 9.21. The Kier molecular flexibility index (Phi) is 16.6. The molecule has 0 radical (unpaired) electrons. The molecule has 6 rings (SSSR count). The average Bonchev–Trinajstić information content (AvgIpc) is 3.77. The number of carbonyl (C=O) groups excluding carboxylic acids is 2. The Balaban J connectivity index is 0.000000234. The first-order chi connectivity index (χ1) is 29.5. The number of likely N-dealkylation sites (N-methyl/N-ethyl adjacent to an activating group) is 1. The minimum absolute atomic E-state index is 0.118. The Morgan fingerprint density at radius 3 is 1.53 bits per heavy atom. The second kappa shape index (κ2) is 21.4. The van der Waals surface area contributed by atoms with Gasteiger partial charge in [0.25, 0.3) is 5.91 Å². The van der Waals surface area contributed by atoms with Crippen LogP contribution < -0.4 is 20.1 Å². The summed E-state index contributed by atoms with van der Waals surface area (Å²) in [6.07, 6.45) is -4.29. The maximum Gasteiger partial charge on any atom is 0.338 e. The lowest BCUT2D eigenvalue weighted by atomic mass is 10.1. The molecule has 20 heteroatoms. The quantitative estimate of drug-likeness (QED) is 0.0727. The molecule has 6 aromatic rings. The molecule has 2 atom stereocenters. The van der Waals surface area contributed by atoms with Crippen LogP contribution in [0.25, 0.3) is 22.1 Å². The molecule has 0 saturated carbocycles. The summed E-state index contributed by atoms with van der Waals surface area (Å²) in [5.74, 6) is -0.344. The highest BCUT2D eigenvalue weighted by Gasteiger charge is 2.22. The van der Waals surface area contributed by atoms with Crippen LogP contribution in [0.4, 0.5) is 8.78 Å². The van der Waals surface area contributed by atoms with Crippen LogP contribution in [0.5, 0.6) is 23.0 Å². The molecule has 0 aliphatic heterocycles. The molecule has 4 aromatic carbocycles. The first-order valence-electron chi connectivity index (χ1n) is 19.0. The van der Waals surface area contributed by atoms with Crippen LogP contribution in [0.2, 0.25) is 0 Å². The molecule has 0 fully saturated rings. The highest BCUT2D eigenvalue weighted by Crippen LogP contribution is 2.40. The van der Waals surface area contributed by atoms with Crippen LogP contribution >= 0.6 is 63.7 Å². The number of alkyl halides is 2. The Bertz CT molecular complexity index is 2610. The van der Waals surface area contributed by atoms with Crippen molar-refractivity contribution >= 4 is 110 Å². The van der Waals surface area contributed by atoms with Gasteiger partial charge in [0.05, 0.1) is 46.4 Å². The normalized spacial score (nSPS) is 12.0. The monoisotopic (exact) mass is 1110 g/mol. The number of hydrogen-bond acceptors (Lipinski definition) is 8. The highest BCUT2D eigenvalue weighted by molar-refractivity contribution is 9.11. The zero-order valence-corrected chi connectivity index (χ0v) is 39.9. The van der Waals surface area contributed by atoms with Crippen LogP contribution in [0.3, 0.4) is 0 Å². The molecule has 328 valence electrons. The summed E-state index contributed by atoms with van der Waals surface area (Å²) in [4.78, 5) is 54.6. The molecule has 0 spiro atoms. The van der Waals surface area contributed by atoms with Gasteiger partial charge in [0.1, 0.15) is 17.3 Å². The summed E-state index contributed by atoms with van der Waals surface area (Å²) in [6.45, 7) is 7.46. The van der Waals surface area contributed by atoms with Crippen molar-refractivity contribution in [3.8, 4) is 23.0 Å². The van der Waals surface area contributed by atoms with Crippen molar-refractivity contribution in [2.24, 2.45) is 0 Å². The number of nitrogens with one attached hydrogen (secondary N) is 2. The molecule has 14 nitrogen and oxygen atoms in total. The first-order valence-corrected chi connectivity index (χ1v) is 22.2. The maximum atomic E-state index is 13.6. The number of fused-ring (bicyclic) bond motifs is 2. The number of aryl methyl sites for hydroxylation is 2.